The van der Waals surface area contributed by atoms with Crippen LogP contribution in [0.3, 0.4) is 0 Å². The Labute approximate surface area is 85.1 Å². The van der Waals surface area contributed by atoms with Crippen LogP contribution in [0.2, 0.25) is 0 Å². The molecule has 0 amide bonds. The number of nitrogens with two attached hydrogens (primary N) is 1. The SMILES string of the molecule is NC1CCCC1n1ccc(C(F)(F)F)n1. The number of aromatic nitrogens is 2. The van der Waals surface area contributed by atoms with Gasteiger partial charge in [-0.3, -0.25) is 4.68 Å². The Morgan fingerprint density at radius 2 is 2.13 bits per heavy atom. The van der Waals surface area contributed by atoms with E-state index in [0.29, 0.717) is 0 Å². The Morgan fingerprint density at radius 3 is 2.60 bits per heavy atom. The molecule has 1 fully saturated rings. The lowest BCUT2D eigenvalue weighted by atomic mass is 10.2. The van der Waals surface area contributed by atoms with E-state index in [2.05, 4.69) is 5.10 Å². The maximum absolute atomic E-state index is 12.3. The molecule has 0 aromatic carbocycles. The van der Waals surface area contributed by atoms with Gasteiger partial charge in [0.2, 0.25) is 0 Å². The first-order chi connectivity index (χ1) is 6.98. The molecule has 2 rings (SSSR count). The molecule has 0 radical (unpaired) electrons. The zero-order valence-electron chi connectivity index (χ0n) is 8.04. The highest BCUT2D eigenvalue weighted by Gasteiger charge is 2.35. The quantitative estimate of drug-likeness (QED) is 0.784. The van der Waals surface area contributed by atoms with Gasteiger partial charge in [0.05, 0.1) is 6.04 Å². The monoisotopic (exact) mass is 219 g/mol. The summed E-state index contributed by atoms with van der Waals surface area (Å²) < 4.78 is 38.2. The summed E-state index contributed by atoms with van der Waals surface area (Å²) in [4.78, 5) is 0. The molecule has 0 spiro atoms. The molecule has 3 nitrogen and oxygen atoms in total. The van der Waals surface area contributed by atoms with Gasteiger partial charge >= 0.3 is 6.18 Å². The Bertz CT molecular complexity index is 345. The van der Waals surface area contributed by atoms with E-state index in [9.17, 15) is 13.2 Å². The lowest BCUT2D eigenvalue weighted by molar-refractivity contribution is -0.141. The van der Waals surface area contributed by atoms with Gasteiger partial charge in [0, 0.05) is 12.2 Å². The maximum Gasteiger partial charge on any atom is 0.435 e. The second-order valence-electron chi connectivity index (χ2n) is 3.84. The molecular formula is C9H12F3N3. The van der Waals surface area contributed by atoms with E-state index in [1.54, 1.807) is 0 Å². The lowest BCUT2D eigenvalue weighted by Gasteiger charge is -2.15. The third-order valence-corrected chi connectivity index (χ3v) is 2.77. The summed E-state index contributed by atoms with van der Waals surface area (Å²) in [6.07, 6.45) is -0.397. The van der Waals surface area contributed by atoms with Gasteiger partial charge in [-0.1, -0.05) is 0 Å². The Balaban J connectivity index is 2.20. The summed E-state index contributed by atoms with van der Waals surface area (Å²) in [7, 11) is 0. The molecule has 84 valence electrons. The highest BCUT2D eigenvalue weighted by molar-refractivity contribution is 5.05. The van der Waals surface area contributed by atoms with Crippen molar-refractivity contribution in [1.29, 1.82) is 0 Å². The van der Waals surface area contributed by atoms with Gasteiger partial charge in [0.15, 0.2) is 5.69 Å². The zero-order chi connectivity index (χ0) is 11.1. The highest BCUT2D eigenvalue weighted by atomic mass is 19.4. The van der Waals surface area contributed by atoms with Gasteiger partial charge in [-0.25, -0.2) is 0 Å². The summed E-state index contributed by atoms with van der Waals surface area (Å²) in [5.41, 5.74) is 4.94. The number of nitrogens with zero attached hydrogens (tertiary/aromatic N) is 2. The molecule has 2 unspecified atom stereocenters. The molecule has 0 bridgehead atoms. The summed E-state index contributed by atoms with van der Waals surface area (Å²) in [5.74, 6) is 0. The van der Waals surface area contributed by atoms with Crippen molar-refractivity contribution in [3.63, 3.8) is 0 Å². The fourth-order valence-corrected chi connectivity index (χ4v) is 1.97. The highest BCUT2D eigenvalue weighted by Crippen LogP contribution is 2.31. The molecule has 0 saturated heterocycles. The maximum atomic E-state index is 12.3. The molecule has 2 N–H and O–H groups in total. The topological polar surface area (TPSA) is 43.8 Å². The van der Waals surface area contributed by atoms with E-state index in [-0.39, 0.29) is 12.1 Å². The van der Waals surface area contributed by atoms with Gasteiger partial charge in [0.1, 0.15) is 0 Å². The van der Waals surface area contributed by atoms with Crippen LogP contribution in [0.4, 0.5) is 13.2 Å². The smallest absolute Gasteiger partial charge is 0.326 e. The molecule has 1 aromatic rings. The molecule has 15 heavy (non-hydrogen) atoms. The van der Waals surface area contributed by atoms with Crippen molar-refractivity contribution in [1.82, 2.24) is 9.78 Å². The Kier molecular flexibility index (Phi) is 2.46. The third-order valence-electron chi connectivity index (χ3n) is 2.77. The van der Waals surface area contributed by atoms with E-state index < -0.39 is 11.9 Å². The van der Waals surface area contributed by atoms with Gasteiger partial charge in [-0.05, 0) is 25.3 Å². The second kappa shape index (κ2) is 3.52. The van der Waals surface area contributed by atoms with Crippen molar-refractivity contribution in [3.8, 4) is 0 Å². The van der Waals surface area contributed by atoms with Gasteiger partial charge in [0.25, 0.3) is 0 Å². The van der Waals surface area contributed by atoms with Crippen molar-refractivity contribution in [3.05, 3.63) is 18.0 Å². The average Bonchev–Trinajstić information content (AvgIpc) is 2.69. The standard InChI is InChI=1S/C9H12F3N3/c10-9(11,12)8-4-5-15(14-8)7-3-1-2-6(7)13/h4-7H,1-3,13H2. The first kappa shape index (κ1) is 10.5. The van der Waals surface area contributed by atoms with Gasteiger partial charge < -0.3 is 5.73 Å². The minimum atomic E-state index is -4.37. The molecule has 1 saturated carbocycles. The van der Waals surface area contributed by atoms with Crippen LogP contribution in [0, 0.1) is 0 Å². The van der Waals surface area contributed by atoms with E-state index >= 15 is 0 Å². The van der Waals surface area contributed by atoms with Crippen LogP contribution in [0.25, 0.3) is 0 Å². The number of hydrogen-bond acceptors (Lipinski definition) is 2. The summed E-state index contributed by atoms with van der Waals surface area (Å²) >= 11 is 0. The first-order valence-electron chi connectivity index (χ1n) is 4.86. The van der Waals surface area contributed by atoms with Crippen LogP contribution in [-0.4, -0.2) is 15.8 Å². The van der Waals surface area contributed by atoms with Gasteiger partial charge in [-0.15, -0.1) is 0 Å². The predicted octanol–water partition coefficient (Wildman–Crippen LogP) is 1.95. The van der Waals surface area contributed by atoms with Crippen molar-refractivity contribution in [2.75, 3.05) is 0 Å². The first-order valence-corrected chi connectivity index (χ1v) is 4.86. The average molecular weight is 219 g/mol. The van der Waals surface area contributed by atoms with Crippen molar-refractivity contribution in [2.45, 2.75) is 37.5 Å². The largest absolute Gasteiger partial charge is 0.435 e. The number of rotatable bonds is 1. The zero-order valence-corrected chi connectivity index (χ0v) is 8.04. The second-order valence-corrected chi connectivity index (χ2v) is 3.84. The van der Waals surface area contributed by atoms with Crippen LogP contribution < -0.4 is 5.73 Å². The van der Waals surface area contributed by atoms with Crippen LogP contribution in [0.1, 0.15) is 31.0 Å². The van der Waals surface area contributed by atoms with Crippen LogP contribution >= 0.6 is 0 Å². The predicted molar refractivity (Wildman–Crippen MR) is 48.1 cm³/mol. The van der Waals surface area contributed by atoms with E-state index in [1.165, 1.54) is 10.9 Å². The molecule has 0 aliphatic heterocycles. The molecule has 2 atom stereocenters. The Morgan fingerprint density at radius 1 is 1.40 bits per heavy atom. The Hall–Kier alpha value is -1.04. The van der Waals surface area contributed by atoms with Crippen molar-refractivity contribution < 1.29 is 13.2 Å². The molecule has 1 aliphatic rings. The molecule has 6 heteroatoms. The molecule has 1 aliphatic carbocycles. The summed E-state index contributed by atoms with van der Waals surface area (Å²) in [5, 5.41) is 3.53. The van der Waals surface area contributed by atoms with Crippen LogP contribution in [0.5, 0.6) is 0 Å². The van der Waals surface area contributed by atoms with E-state index in [0.717, 1.165) is 25.3 Å². The summed E-state index contributed by atoms with van der Waals surface area (Å²) in [6, 6.07) is 0.831. The number of alkyl halides is 3. The third kappa shape index (κ3) is 1.99. The number of hydrogen-bond donors (Lipinski definition) is 1. The van der Waals surface area contributed by atoms with E-state index in [1.807, 2.05) is 0 Å². The van der Waals surface area contributed by atoms with E-state index in [4.69, 9.17) is 5.73 Å². The van der Waals surface area contributed by atoms with Crippen molar-refractivity contribution in [2.24, 2.45) is 5.73 Å². The fraction of sp³-hybridized carbons (Fsp3) is 0.667. The number of halogens is 3. The minimum Gasteiger partial charge on any atom is -0.326 e. The lowest BCUT2D eigenvalue weighted by Crippen LogP contribution is -2.27. The van der Waals surface area contributed by atoms with Gasteiger partial charge in [-0.2, -0.15) is 18.3 Å². The molecule has 1 aromatic heterocycles. The van der Waals surface area contributed by atoms with Crippen LogP contribution in [-0.2, 0) is 6.18 Å². The molecular weight excluding hydrogens is 207 g/mol. The minimum absolute atomic E-state index is 0.0778. The van der Waals surface area contributed by atoms with Crippen molar-refractivity contribution >= 4 is 0 Å². The fourth-order valence-electron chi connectivity index (χ4n) is 1.97. The van der Waals surface area contributed by atoms with Crippen LogP contribution in [0.15, 0.2) is 12.3 Å². The summed E-state index contributed by atoms with van der Waals surface area (Å²) in [6.45, 7) is 0. The molecule has 1 heterocycles. The normalized spacial score (nSPS) is 27.2.